The summed E-state index contributed by atoms with van der Waals surface area (Å²) in [5, 5.41) is 0. The fourth-order valence-electron chi connectivity index (χ4n) is 1.60. The van der Waals surface area contributed by atoms with E-state index < -0.39 is 15.8 Å². The number of nitrogens with zero attached hydrogens (tertiary/aromatic N) is 1. The highest BCUT2D eigenvalue weighted by Gasteiger charge is 2.28. The van der Waals surface area contributed by atoms with E-state index in [1.807, 2.05) is 13.8 Å². The van der Waals surface area contributed by atoms with Gasteiger partial charge in [-0.1, -0.05) is 13.8 Å². The normalized spacial score (nSPS) is 13.0. The van der Waals surface area contributed by atoms with E-state index in [1.54, 1.807) is 0 Å². The van der Waals surface area contributed by atoms with Crippen molar-refractivity contribution in [3.8, 4) is 0 Å². The van der Waals surface area contributed by atoms with Gasteiger partial charge in [0.25, 0.3) is 0 Å². The van der Waals surface area contributed by atoms with Gasteiger partial charge in [0.1, 0.15) is 5.82 Å². The summed E-state index contributed by atoms with van der Waals surface area (Å²) in [4.78, 5) is 0.0456. The lowest BCUT2D eigenvalue weighted by molar-refractivity contribution is 0.292. The van der Waals surface area contributed by atoms with Crippen LogP contribution in [0.5, 0.6) is 0 Å². The molecule has 4 nitrogen and oxygen atoms in total. The standard InChI is InChI=1S/C12H18BrFN2O2S/c1-12(2,7-15)8-16(3)19(17,18)11-5-4-9(14)6-10(11)13/h4-6H,7-8,15H2,1-3H3. The van der Waals surface area contributed by atoms with Crippen LogP contribution in [0.4, 0.5) is 4.39 Å². The first kappa shape index (κ1) is 16.6. The first-order chi connectivity index (χ1) is 8.60. The Kier molecular flexibility index (Phi) is 5.11. The van der Waals surface area contributed by atoms with E-state index in [0.29, 0.717) is 6.54 Å². The smallest absolute Gasteiger partial charge is 0.243 e. The number of nitrogens with two attached hydrogens (primary N) is 1. The molecule has 108 valence electrons. The molecular formula is C12H18BrFN2O2S. The molecule has 0 bridgehead atoms. The zero-order valence-electron chi connectivity index (χ0n) is 11.2. The molecule has 0 aliphatic carbocycles. The second kappa shape index (κ2) is 5.87. The molecule has 0 amide bonds. The third-order valence-electron chi connectivity index (χ3n) is 2.79. The van der Waals surface area contributed by atoms with Gasteiger partial charge in [-0.3, -0.25) is 0 Å². The molecule has 2 N–H and O–H groups in total. The number of halogens is 2. The van der Waals surface area contributed by atoms with Gasteiger partial charge >= 0.3 is 0 Å². The van der Waals surface area contributed by atoms with E-state index in [2.05, 4.69) is 15.9 Å². The van der Waals surface area contributed by atoms with Crippen LogP contribution in [-0.2, 0) is 10.0 Å². The molecule has 0 saturated heterocycles. The van der Waals surface area contributed by atoms with Crippen molar-refractivity contribution in [2.24, 2.45) is 11.1 Å². The van der Waals surface area contributed by atoms with Crippen molar-refractivity contribution >= 4 is 26.0 Å². The third kappa shape index (κ3) is 3.98. The van der Waals surface area contributed by atoms with Crippen LogP contribution in [0.15, 0.2) is 27.6 Å². The Morgan fingerprint density at radius 3 is 2.47 bits per heavy atom. The summed E-state index contributed by atoms with van der Waals surface area (Å²) in [5.41, 5.74) is 5.28. The minimum Gasteiger partial charge on any atom is -0.330 e. The lowest BCUT2D eigenvalue weighted by Crippen LogP contribution is -2.39. The minimum atomic E-state index is -3.67. The Labute approximate surface area is 122 Å². The van der Waals surface area contributed by atoms with Crippen LogP contribution in [0, 0.1) is 11.2 Å². The summed E-state index contributed by atoms with van der Waals surface area (Å²) in [6.45, 7) is 4.44. The summed E-state index contributed by atoms with van der Waals surface area (Å²) in [6.07, 6.45) is 0. The molecule has 0 fully saturated rings. The van der Waals surface area contributed by atoms with Gasteiger partial charge < -0.3 is 5.73 Å². The van der Waals surface area contributed by atoms with Gasteiger partial charge in [0.05, 0.1) is 4.90 Å². The first-order valence-electron chi connectivity index (χ1n) is 5.71. The van der Waals surface area contributed by atoms with Crippen molar-refractivity contribution in [2.75, 3.05) is 20.1 Å². The van der Waals surface area contributed by atoms with Crippen LogP contribution in [0.25, 0.3) is 0 Å². The van der Waals surface area contributed by atoms with Crippen molar-refractivity contribution in [3.63, 3.8) is 0 Å². The van der Waals surface area contributed by atoms with Crippen molar-refractivity contribution in [1.29, 1.82) is 0 Å². The predicted octanol–water partition coefficient (Wildman–Crippen LogP) is 2.19. The van der Waals surface area contributed by atoms with Crippen LogP contribution >= 0.6 is 15.9 Å². The van der Waals surface area contributed by atoms with E-state index in [-0.39, 0.29) is 21.3 Å². The maximum absolute atomic E-state index is 13.0. The van der Waals surface area contributed by atoms with E-state index >= 15 is 0 Å². The molecule has 0 heterocycles. The van der Waals surface area contributed by atoms with Gasteiger partial charge in [0.15, 0.2) is 0 Å². The van der Waals surface area contributed by atoms with Crippen LogP contribution in [0.1, 0.15) is 13.8 Å². The van der Waals surface area contributed by atoms with E-state index in [0.717, 1.165) is 12.1 Å². The molecule has 1 aromatic carbocycles. The van der Waals surface area contributed by atoms with Gasteiger partial charge in [0.2, 0.25) is 10.0 Å². The van der Waals surface area contributed by atoms with Crippen molar-refractivity contribution in [2.45, 2.75) is 18.7 Å². The summed E-state index contributed by atoms with van der Waals surface area (Å²) in [5.74, 6) is -0.490. The van der Waals surface area contributed by atoms with Crippen LogP contribution in [0.2, 0.25) is 0 Å². The van der Waals surface area contributed by atoms with Crippen molar-refractivity contribution in [1.82, 2.24) is 4.31 Å². The van der Waals surface area contributed by atoms with Gasteiger partial charge in [0, 0.05) is 18.1 Å². The largest absolute Gasteiger partial charge is 0.330 e. The lowest BCUT2D eigenvalue weighted by Gasteiger charge is -2.28. The van der Waals surface area contributed by atoms with Gasteiger partial charge in [-0.2, -0.15) is 0 Å². The highest BCUT2D eigenvalue weighted by Crippen LogP contribution is 2.27. The molecule has 7 heteroatoms. The van der Waals surface area contributed by atoms with Gasteiger partial charge in [-0.05, 0) is 46.1 Å². The highest BCUT2D eigenvalue weighted by atomic mass is 79.9. The maximum Gasteiger partial charge on any atom is 0.243 e. The van der Waals surface area contributed by atoms with Gasteiger partial charge in [-0.25, -0.2) is 17.1 Å². The second-order valence-electron chi connectivity index (χ2n) is 5.20. The molecule has 0 aromatic heterocycles. The Morgan fingerprint density at radius 2 is 2.00 bits per heavy atom. The SMILES string of the molecule is CN(CC(C)(C)CN)S(=O)(=O)c1ccc(F)cc1Br. The average molecular weight is 353 g/mol. The van der Waals surface area contributed by atoms with E-state index in [9.17, 15) is 12.8 Å². The van der Waals surface area contributed by atoms with Crippen molar-refractivity contribution < 1.29 is 12.8 Å². The minimum absolute atomic E-state index is 0.0456. The fraction of sp³-hybridized carbons (Fsp3) is 0.500. The fourth-order valence-corrected chi connectivity index (χ4v) is 3.97. The molecule has 1 aromatic rings. The number of hydrogen-bond donors (Lipinski definition) is 1. The molecule has 0 saturated carbocycles. The van der Waals surface area contributed by atoms with Crippen LogP contribution in [-0.4, -0.2) is 32.9 Å². The summed E-state index contributed by atoms with van der Waals surface area (Å²) >= 11 is 3.08. The molecule has 0 atom stereocenters. The summed E-state index contributed by atoms with van der Waals surface area (Å²) in [6, 6.07) is 3.51. The molecule has 1 rings (SSSR count). The first-order valence-corrected chi connectivity index (χ1v) is 7.95. The number of sulfonamides is 1. The Morgan fingerprint density at radius 1 is 1.42 bits per heavy atom. The topological polar surface area (TPSA) is 63.4 Å². The Balaban J connectivity index is 3.10. The van der Waals surface area contributed by atoms with E-state index in [1.165, 1.54) is 17.4 Å². The third-order valence-corrected chi connectivity index (χ3v) is 5.57. The molecule has 0 aliphatic heterocycles. The molecule has 0 radical (unpaired) electrons. The number of benzene rings is 1. The molecule has 19 heavy (non-hydrogen) atoms. The maximum atomic E-state index is 13.0. The average Bonchev–Trinajstić information content (AvgIpc) is 2.27. The molecular weight excluding hydrogens is 335 g/mol. The monoisotopic (exact) mass is 352 g/mol. The second-order valence-corrected chi connectivity index (χ2v) is 8.07. The molecule has 0 aliphatic rings. The Hall–Kier alpha value is -0.500. The zero-order valence-corrected chi connectivity index (χ0v) is 13.6. The van der Waals surface area contributed by atoms with Crippen LogP contribution < -0.4 is 5.73 Å². The summed E-state index contributed by atoms with van der Waals surface area (Å²) < 4.78 is 39.2. The van der Waals surface area contributed by atoms with E-state index in [4.69, 9.17) is 5.73 Å². The number of hydrogen-bond acceptors (Lipinski definition) is 3. The van der Waals surface area contributed by atoms with Crippen LogP contribution in [0.3, 0.4) is 0 Å². The lowest BCUT2D eigenvalue weighted by atomic mass is 9.94. The quantitative estimate of drug-likeness (QED) is 0.883. The van der Waals surface area contributed by atoms with Crippen molar-refractivity contribution in [3.05, 3.63) is 28.5 Å². The highest BCUT2D eigenvalue weighted by molar-refractivity contribution is 9.10. The molecule has 0 spiro atoms. The number of rotatable bonds is 5. The Bertz CT molecular complexity index is 561. The zero-order chi connectivity index (χ0) is 14.8. The summed E-state index contributed by atoms with van der Waals surface area (Å²) in [7, 11) is -2.18. The molecule has 0 unspecified atom stereocenters. The predicted molar refractivity (Wildman–Crippen MR) is 76.8 cm³/mol. The van der Waals surface area contributed by atoms with Gasteiger partial charge in [-0.15, -0.1) is 0 Å².